The first-order valence-corrected chi connectivity index (χ1v) is 13.7. The summed E-state index contributed by atoms with van der Waals surface area (Å²) < 4.78 is 18.3. The van der Waals surface area contributed by atoms with Gasteiger partial charge in [-0.1, -0.05) is 53.8 Å². The molecule has 0 saturated heterocycles. The number of thiophene rings is 1. The van der Waals surface area contributed by atoms with Gasteiger partial charge in [0.05, 0.1) is 29.5 Å². The number of thiazole rings is 1. The minimum atomic E-state index is -0.686. The molecule has 10 heteroatoms. The standard InChI is InChI=1S/C29H23N3O5S2/c1-3-36-28(34)24-25(19-8-5-4-6-9-19)31-29-32(26(24)22-10-7-15-38-22)27(33)23(39-29)17-18-11-12-20(37-14-13-30)21(16-18)35-2/h4-12,15-17,26H,3,14H2,1-2H3/b23-17-/t26-/m0/s1. The molecule has 0 unspecified atom stereocenters. The maximum atomic E-state index is 13.9. The van der Waals surface area contributed by atoms with E-state index in [1.165, 1.54) is 29.8 Å². The second kappa shape index (κ2) is 11.5. The Hall–Kier alpha value is -4.46. The van der Waals surface area contributed by atoms with Gasteiger partial charge in [-0.3, -0.25) is 9.36 Å². The van der Waals surface area contributed by atoms with E-state index in [0.717, 1.165) is 10.4 Å². The number of nitrogens with zero attached hydrogens (tertiary/aromatic N) is 3. The van der Waals surface area contributed by atoms with Crippen LogP contribution in [0, 0.1) is 11.3 Å². The van der Waals surface area contributed by atoms with Crippen molar-refractivity contribution in [3.05, 3.63) is 107 Å². The highest BCUT2D eigenvalue weighted by Gasteiger charge is 2.35. The van der Waals surface area contributed by atoms with Gasteiger partial charge in [0.25, 0.3) is 5.56 Å². The van der Waals surface area contributed by atoms with E-state index < -0.39 is 12.0 Å². The molecule has 0 radical (unpaired) electrons. The molecule has 0 spiro atoms. The van der Waals surface area contributed by atoms with Crippen LogP contribution >= 0.6 is 22.7 Å². The largest absolute Gasteiger partial charge is 0.493 e. The summed E-state index contributed by atoms with van der Waals surface area (Å²) in [4.78, 5) is 33.4. The minimum absolute atomic E-state index is 0.108. The minimum Gasteiger partial charge on any atom is -0.493 e. The lowest BCUT2D eigenvalue weighted by molar-refractivity contribution is -0.138. The molecule has 2 aromatic heterocycles. The number of carbonyl (C=O) groups is 1. The molecular formula is C29H23N3O5S2. The van der Waals surface area contributed by atoms with Crippen LogP contribution in [0.4, 0.5) is 0 Å². The van der Waals surface area contributed by atoms with Gasteiger partial charge in [-0.25, -0.2) is 9.79 Å². The van der Waals surface area contributed by atoms with E-state index in [2.05, 4.69) is 0 Å². The number of esters is 1. The third-order valence-corrected chi connectivity index (χ3v) is 7.87. The van der Waals surface area contributed by atoms with Crippen LogP contribution < -0.4 is 24.4 Å². The van der Waals surface area contributed by atoms with Crippen LogP contribution in [0.3, 0.4) is 0 Å². The molecule has 0 aliphatic carbocycles. The van der Waals surface area contributed by atoms with Crippen molar-refractivity contribution >= 4 is 40.4 Å². The van der Waals surface area contributed by atoms with E-state index in [-0.39, 0.29) is 18.8 Å². The number of aromatic nitrogens is 1. The second-order valence-corrected chi connectivity index (χ2v) is 10.3. The van der Waals surface area contributed by atoms with Gasteiger partial charge in [-0.2, -0.15) is 5.26 Å². The van der Waals surface area contributed by atoms with Gasteiger partial charge in [0, 0.05) is 10.4 Å². The molecule has 3 heterocycles. The average Bonchev–Trinajstić information content (AvgIpc) is 3.60. The number of hydrogen-bond acceptors (Lipinski definition) is 9. The second-order valence-electron chi connectivity index (χ2n) is 8.30. The third-order valence-electron chi connectivity index (χ3n) is 5.96. The van der Waals surface area contributed by atoms with Crippen molar-refractivity contribution in [1.82, 2.24) is 4.57 Å². The lowest BCUT2D eigenvalue weighted by Gasteiger charge is -2.24. The summed E-state index contributed by atoms with van der Waals surface area (Å²) in [5, 5.41) is 10.7. The van der Waals surface area contributed by atoms with E-state index in [1.807, 2.05) is 53.9 Å². The van der Waals surface area contributed by atoms with E-state index in [0.29, 0.717) is 37.7 Å². The fourth-order valence-electron chi connectivity index (χ4n) is 4.31. The predicted octanol–water partition coefficient (Wildman–Crippen LogP) is 3.91. The summed E-state index contributed by atoms with van der Waals surface area (Å²) >= 11 is 2.71. The highest BCUT2D eigenvalue weighted by atomic mass is 32.1. The summed E-state index contributed by atoms with van der Waals surface area (Å²) in [5.74, 6) is 0.367. The fourth-order valence-corrected chi connectivity index (χ4v) is 6.14. The first-order chi connectivity index (χ1) is 19.0. The molecule has 4 aromatic rings. The molecule has 0 fully saturated rings. The van der Waals surface area contributed by atoms with Gasteiger partial charge in [-0.15, -0.1) is 11.3 Å². The summed E-state index contributed by atoms with van der Waals surface area (Å²) in [6.45, 7) is 1.84. The maximum absolute atomic E-state index is 13.9. The number of ether oxygens (including phenoxy) is 3. The topological polar surface area (TPSA) is 103 Å². The van der Waals surface area contributed by atoms with Crippen LogP contribution in [0.2, 0.25) is 0 Å². The van der Waals surface area contributed by atoms with E-state index >= 15 is 0 Å². The lowest BCUT2D eigenvalue weighted by Crippen LogP contribution is -2.39. The molecule has 5 rings (SSSR count). The highest BCUT2D eigenvalue weighted by Crippen LogP contribution is 2.37. The molecule has 1 aliphatic heterocycles. The number of fused-ring (bicyclic) bond motifs is 1. The van der Waals surface area contributed by atoms with Crippen LogP contribution in [-0.4, -0.2) is 30.9 Å². The first kappa shape index (κ1) is 26.2. The molecule has 196 valence electrons. The van der Waals surface area contributed by atoms with Crippen LogP contribution in [0.5, 0.6) is 11.5 Å². The number of rotatable bonds is 8. The Morgan fingerprint density at radius 3 is 2.67 bits per heavy atom. The zero-order chi connectivity index (χ0) is 27.4. The van der Waals surface area contributed by atoms with Crippen molar-refractivity contribution in [2.24, 2.45) is 4.99 Å². The lowest BCUT2D eigenvalue weighted by atomic mass is 9.97. The quantitative estimate of drug-likeness (QED) is 0.305. The summed E-state index contributed by atoms with van der Waals surface area (Å²) in [5.41, 5.74) is 2.01. The predicted molar refractivity (Wildman–Crippen MR) is 149 cm³/mol. The fraction of sp³-hybridized carbons (Fsp3) is 0.172. The van der Waals surface area contributed by atoms with Gasteiger partial charge in [0.2, 0.25) is 0 Å². The van der Waals surface area contributed by atoms with Crippen LogP contribution in [0.1, 0.15) is 29.0 Å². The molecule has 0 amide bonds. The Bertz CT molecular complexity index is 1760. The number of benzene rings is 2. The molecule has 1 aliphatic rings. The van der Waals surface area contributed by atoms with Crippen LogP contribution in [0.15, 0.2) is 81.4 Å². The zero-order valence-electron chi connectivity index (χ0n) is 21.1. The molecule has 2 aromatic carbocycles. The summed E-state index contributed by atoms with van der Waals surface area (Å²) in [6, 6.07) is 19.7. The number of carbonyl (C=O) groups excluding carboxylic acids is 1. The Balaban J connectivity index is 1.72. The van der Waals surface area contributed by atoms with Crippen molar-refractivity contribution in [2.75, 3.05) is 20.3 Å². The van der Waals surface area contributed by atoms with Gasteiger partial charge < -0.3 is 14.2 Å². The monoisotopic (exact) mass is 557 g/mol. The molecule has 0 bridgehead atoms. The van der Waals surface area contributed by atoms with Crippen LogP contribution in [-0.2, 0) is 9.53 Å². The SMILES string of the molecule is CCOC(=O)C1=C(c2ccccc2)N=c2s/c(=C\c3ccc(OCC#N)c(OC)c3)c(=O)n2[C@H]1c1cccs1. The Morgan fingerprint density at radius 2 is 1.97 bits per heavy atom. The van der Waals surface area contributed by atoms with E-state index in [1.54, 1.807) is 35.8 Å². The average molecular weight is 558 g/mol. The summed E-state index contributed by atoms with van der Waals surface area (Å²) in [6.07, 6.45) is 1.75. The maximum Gasteiger partial charge on any atom is 0.338 e. The van der Waals surface area contributed by atoms with Gasteiger partial charge in [0.1, 0.15) is 12.1 Å². The zero-order valence-corrected chi connectivity index (χ0v) is 22.8. The molecule has 39 heavy (non-hydrogen) atoms. The van der Waals surface area contributed by atoms with E-state index in [9.17, 15) is 9.59 Å². The Labute approximate surface area is 232 Å². The molecule has 8 nitrogen and oxygen atoms in total. The van der Waals surface area contributed by atoms with Gasteiger partial charge in [0.15, 0.2) is 22.9 Å². The molecule has 1 atom stereocenters. The van der Waals surface area contributed by atoms with Crippen molar-refractivity contribution in [2.45, 2.75) is 13.0 Å². The van der Waals surface area contributed by atoms with Crippen molar-refractivity contribution in [3.8, 4) is 17.6 Å². The van der Waals surface area contributed by atoms with Crippen molar-refractivity contribution < 1.29 is 19.0 Å². The molecular weight excluding hydrogens is 534 g/mol. The molecule has 0 N–H and O–H groups in total. The highest BCUT2D eigenvalue weighted by molar-refractivity contribution is 7.10. The van der Waals surface area contributed by atoms with Gasteiger partial charge >= 0.3 is 5.97 Å². The number of methoxy groups -OCH3 is 1. The number of hydrogen-bond donors (Lipinski definition) is 0. The third kappa shape index (κ3) is 5.14. The molecule has 0 saturated carbocycles. The number of nitriles is 1. The van der Waals surface area contributed by atoms with E-state index in [4.69, 9.17) is 24.5 Å². The van der Waals surface area contributed by atoms with Crippen molar-refractivity contribution in [3.63, 3.8) is 0 Å². The Kier molecular flexibility index (Phi) is 7.72. The smallest absolute Gasteiger partial charge is 0.338 e. The summed E-state index contributed by atoms with van der Waals surface area (Å²) in [7, 11) is 1.51. The van der Waals surface area contributed by atoms with Crippen LogP contribution in [0.25, 0.3) is 11.8 Å². The normalized spacial score (nSPS) is 14.8. The van der Waals surface area contributed by atoms with Gasteiger partial charge in [-0.05, 0) is 42.1 Å². The van der Waals surface area contributed by atoms with Crippen molar-refractivity contribution in [1.29, 1.82) is 5.26 Å². The Morgan fingerprint density at radius 1 is 1.15 bits per heavy atom. The first-order valence-electron chi connectivity index (χ1n) is 12.0.